The molecule has 0 aromatic carbocycles. The molecule has 0 aromatic rings. The number of hydrogen-bond acceptors (Lipinski definition) is 14. The third-order valence-electron chi connectivity index (χ3n) is 7.68. The minimum Gasteiger partial charge on any atom is -0.481 e. The summed E-state index contributed by atoms with van der Waals surface area (Å²) in [4.78, 5) is 33.6. The Kier molecular flexibility index (Phi) is 44.7. The van der Waals surface area contributed by atoms with Gasteiger partial charge in [-0.2, -0.15) is 0 Å². The number of amides is 1. The fourth-order valence-corrected chi connectivity index (χ4v) is 4.66. The Labute approximate surface area is 330 Å². The van der Waals surface area contributed by atoms with Gasteiger partial charge >= 0.3 is 11.9 Å². The first-order valence-corrected chi connectivity index (χ1v) is 20.5. The molecule has 0 saturated carbocycles. The van der Waals surface area contributed by atoms with Gasteiger partial charge in [0.2, 0.25) is 5.91 Å². The topological polar surface area (TPSA) is 185 Å². The second kappa shape index (κ2) is 46.4. The molecule has 0 atom stereocenters. The maximum Gasteiger partial charge on any atom is 0.305 e. The maximum atomic E-state index is 11.8. The van der Waals surface area contributed by atoms with Gasteiger partial charge in [-0.1, -0.05) is 58.3 Å². The van der Waals surface area contributed by atoms with Crippen LogP contribution in [0.1, 0.15) is 90.4 Å². The van der Waals surface area contributed by atoms with E-state index in [1.807, 2.05) is 0 Å². The molecule has 1 amide bonds. The minimum absolute atomic E-state index is 0.0125. The van der Waals surface area contributed by atoms with Crippen molar-refractivity contribution in [2.75, 3.05) is 145 Å². The van der Waals surface area contributed by atoms with E-state index in [4.69, 9.17) is 57.2 Å². The molecule has 55 heavy (non-hydrogen) atoms. The standard InChI is InChI=1S/C39H75NO15/c1-2-3-4-5-6-7-8-9-10-12-39(44)55-36-35-54-34-33-53-32-31-52-30-29-51-28-27-50-26-25-49-24-23-48-22-21-47-20-19-46-18-17-45-16-11-15-40-37(41)13-14-38(42)43/h2-36H2,1H3,(H,40,41)(H,42,43). The molecule has 0 saturated heterocycles. The summed E-state index contributed by atoms with van der Waals surface area (Å²) in [6.45, 7) is 12.3. The monoisotopic (exact) mass is 798 g/mol. The van der Waals surface area contributed by atoms with Gasteiger partial charge in [0, 0.05) is 26.0 Å². The largest absolute Gasteiger partial charge is 0.481 e. The average molecular weight is 798 g/mol. The van der Waals surface area contributed by atoms with E-state index >= 15 is 0 Å². The van der Waals surface area contributed by atoms with Gasteiger partial charge in [-0.25, -0.2) is 0 Å². The van der Waals surface area contributed by atoms with E-state index in [-0.39, 0.29) is 31.3 Å². The molecule has 326 valence electrons. The van der Waals surface area contributed by atoms with Crippen LogP contribution < -0.4 is 5.32 Å². The third kappa shape index (κ3) is 48.1. The van der Waals surface area contributed by atoms with Gasteiger partial charge in [0.1, 0.15) is 6.61 Å². The normalized spacial score (nSPS) is 11.3. The fraction of sp³-hybridized carbons (Fsp3) is 0.923. The molecule has 2 N–H and O–H groups in total. The summed E-state index contributed by atoms with van der Waals surface area (Å²) in [5, 5.41) is 11.2. The van der Waals surface area contributed by atoms with Crippen LogP contribution in [-0.4, -0.2) is 168 Å². The number of carboxylic acid groups (broad SMARTS) is 1. The van der Waals surface area contributed by atoms with Crippen LogP contribution >= 0.6 is 0 Å². The number of unbranched alkanes of at least 4 members (excludes halogenated alkanes) is 8. The first kappa shape index (κ1) is 53.0. The predicted octanol–water partition coefficient (Wildman–Crippen LogP) is 3.99. The highest BCUT2D eigenvalue weighted by molar-refractivity contribution is 5.80. The summed E-state index contributed by atoms with van der Waals surface area (Å²) in [7, 11) is 0. The Morgan fingerprint density at radius 2 is 0.709 bits per heavy atom. The van der Waals surface area contributed by atoms with Crippen molar-refractivity contribution in [3.8, 4) is 0 Å². The number of carboxylic acids is 1. The summed E-state index contributed by atoms with van der Waals surface area (Å²) in [6, 6.07) is 0. The van der Waals surface area contributed by atoms with Gasteiger partial charge in [-0.15, -0.1) is 0 Å². The molecule has 0 aromatic heterocycles. The van der Waals surface area contributed by atoms with Crippen LogP contribution in [0, 0.1) is 0 Å². The summed E-state index contributed by atoms with van der Waals surface area (Å²) in [5.41, 5.74) is 0. The number of carbonyl (C=O) groups is 3. The molecular weight excluding hydrogens is 722 g/mol. The number of carbonyl (C=O) groups excluding carboxylic acids is 2. The van der Waals surface area contributed by atoms with Crippen molar-refractivity contribution < 1.29 is 71.6 Å². The molecule has 0 fully saturated rings. The van der Waals surface area contributed by atoms with E-state index in [0.717, 1.165) is 12.8 Å². The van der Waals surface area contributed by atoms with Crippen molar-refractivity contribution in [3.63, 3.8) is 0 Å². The van der Waals surface area contributed by atoms with E-state index in [1.165, 1.54) is 44.9 Å². The Morgan fingerprint density at radius 3 is 1.07 bits per heavy atom. The number of esters is 1. The zero-order chi connectivity index (χ0) is 40.0. The van der Waals surface area contributed by atoms with Gasteiger partial charge in [-0.3, -0.25) is 14.4 Å². The van der Waals surface area contributed by atoms with E-state index in [9.17, 15) is 14.4 Å². The first-order chi connectivity index (χ1) is 27.1. The summed E-state index contributed by atoms with van der Waals surface area (Å²) in [5.74, 6) is -1.40. The molecule has 0 radical (unpaired) electrons. The van der Waals surface area contributed by atoms with Crippen LogP contribution in [-0.2, 0) is 66.5 Å². The highest BCUT2D eigenvalue weighted by Gasteiger charge is 2.05. The van der Waals surface area contributed by atoms with Crippen molar-refractivity contribution in [1.29, 1.82) is 0 Å². The summed E-state index contributed by atoms with van der Waals surface area (Å²) >= 11 is 0. The SMILES string of the molecule is CCCCCCCCCCCC(=O)OCCOCCOCCOCCOCCOCCOCCOCCOCCOCCOCCCNC(=O)CCC(=O)O. The van der Waals surface area contributed by atoms with E-state index in [0.29, 0.717) is 152 Å². The fourth-order valence-electron chi connectivity index (χ4n) is 4.66. The molecule has 16 nitrogen and oxygen atoms in total. The quantitative estimate of drug-likeness (QED) is 0.0665. The van der Waals surface area contributed by atoms with Crippen LogP contribution in [0.5, 0.6) is 0 Å². The second-order valence-electron chi connectivity index (χ2n) is 12.5. The average Bonchev–Trinajstić information content (AvgIpc) is 3.17. The molecule has 0 unspecified atom stereocenters. The highest BCUT2D eigenvalue weighted by atomic mass is 16.6. The van der Waals surface area contributed by atoms with E-state index < -0.39 is 5.97 Å². The number of hydrogen-bond donors (Lipinski definition) is 2. The lowest BCUT2D eigenvalue weighted by Gasteiger charge is -2.09. The third-order valence-corrected chi connectivity index (χ3v) is 7.68. The molecule has 0 bridgehead atoms. The number of rotatable bonds is 47. The van der Waals surface area contributed by atoms with E-state index in [2.05, 4.69) is 12.2 Å². The molecule has 16 heteroatoms. The van der Waals surface area contributed by atoms with Crippen LogP contribution in [0.2, 0.25) is 0 Å². The minimum atomic E-state index is -0.984. The smallest absolute Gasteiger partial charge is 0.305 e. The molecule has 0 aliphatic heterocycles. The van der Waals surface area contributed by atoms with Crippen molar-refractivity contribution in [2.45, 2.75) is 90.4 Å². The van der Waals surface area contributed by atoms with Crippen molar-refractivity contribution >= 4 is 17.8 Å². The first-order valence-electron chi connectivity index (χ1n) is 20.5. The molecule has 0 aliphatic carbocycles. The van der Waals surface area contributed by atoms with Crippen molar-refractivity contribution in [2.24, 2.45) is 0 Å². The summed E-state index contributed by atoms with van der Waals surface area (Å²) in [6.07, 6.45) is 12.0. The molecule has 0 rings (SSSR count). The van der Waals surface area contributed by atoms with Crippen LogP contribution in [0.15, 0.2) is 0 Å². The zero-order valence-electron chi connectivity index (χ0n) is 33.9. The lowest BCUT2D eigenvalue weighted by Crippen LogP contribution is -2.25. The molecule has 0 spiro atoms. The number of nitrogens with one attached hydrogen (secondary N) is 1. The molecule has 0 aliphatic rings. The Hall–Kier alpha value is -1.99. The van der Waals surface area contributed by atoms with Crippen LogP contribution in [0.25, 0.3) is 0 Å². The Bertz CT molecular complexity index is 824. The maximum absolute atomic E-state index is 11.8. The Morgan fingerprint density at radius 1 is 0.382 bits per heavy atom. The molecular formula is C39H75NO15. The second-order valence-corrected chi connectivity index (χ2v) is 12.5. The van der Waals surface area contributed by atoms with Gasteiger partial charge in [0.15, 0.2) is 0 Å². The van der Waals surface area contributed by atoms with Crippen molar-refractivity contribution in [1.82, 2.24) is 5.32 Å². The van der Waals surface area contributed by atoms with Gasteiger partial charge in [0.05, 0.1) is 132 Å². The predicted molar refractivity (Wildman–Crippen MR) is 205 cm³/mol. The zero-order valence-corrected chi connectivity index (χ0v) is 33.9. The highest BCUT2D eigenvalue weighted by Crippen LogP contribution is 2.10. The Balaban J connectivity index is 3.13. The lowest BCUT2D eigenvalue weighted by atomic mass is 10.1. The van der Waals surface area contributed by atoms with Gasteiger partial charge < -0.3 is 62.5 Å². The number of ether oxygens (including phenoxy) is 11. The van der Waals surface area contributed by atoms with E-state index in [1.54, 1.807) is 0 Å². The van der Waals surface area contributed by atoms with Crippen LogP contribution in [0.3, 0.4) is 0 Å². The van der Waals surface area contributed by atoms with Crippen molar-refractivity contribution in [3.05, 3.63) is 0 Å². The van der Waals surface area contributed by atoms with Gasteiger partial charge in [0.25, 0.3) is 0 Å². The summed E-state index contributed by atoms with van der Waals surface area (Å²) < 4.78 is 59.8. The number of aliphatic carboxylic acids is 1. The lowest BCUT2D eigenvalue weighted by molar-refractivity contribution is -0.145. The van der Waals surface area contributed by atoms with Crippen LogP contribution in [0.4, 0.5) is 0 Å². The molecule has 0 heterocycles. The van der Waals surface area contributed by atoms with Gasteiger partial charge in [-0.05, 0) is 12.8 Å².